The summed E-state index contributed by atoms with van der Waals surface area (Å²) < 4.78 is 0. The SMILES string of the molecule is N#Cc1c[nH]c(C(=O)N[C@@H]2CCCN(c3ncc[nH]c3=O)C2)c1. The molecule has 8 nitrogen and oxygen atoms in total. The van der Waals surface area contributed by atoms with Crippen LogP contribution in [0.1, 0.15) is 28.9 Å². The molecule has 1 atom stereocenters. The second-order valence-electron chi connectivity index (χ2n) is 5.41. The number of nitriles is 1. The quantitative estimate of drug-likeness (QED) is 0.756. The fourth-order valence-corrected chi connectivity index (χ4v) is 2.71. The third-order valence-electron chi connectivity index (χ3n) is 3.80. The zero-order valence-electron chi connectivity index (χ0n) is 12.4. The number of hydrogen-bond acceptors (Lipinski definition) is 5. The molecule has 0 bridgehead atoms. The number of piperidine rings is 1. The van der Waals surface area contributed by atoms with Gasteiger partial charge >= 0.3 is 0 Å². The molecule has 0 radical (unpaired) electrons. The van der Waals surface area contributed by atoms with Crippen molar-refractivity contribution in [2.45, 2.75) is 18.9 Å². The van der Waals surface area contributed by atoms with Crippen molar-refractivity contribution in [1.82, 2.24) is 20.3 Å². The molecule has 1 aliphatic heterocycles. The van der Waals surface area contributed by atoms with Crippen molar-refractivity contribution in [3.05, 3.63) is 46.3 Å². The summed E-state index contributed by atoms with van der Waals surface area (Å²) in [6, 6.07) is 3.41. The first-order valence-corrected chi connectivity index (χ1v) is 7.35. The van der Waals surface area contributed by atoms with Gasteiger partial charge in [0.1, 0.15) is 11.8 Å². The summed E-state index contributed by atoms with van der Waals surface area (Å²) in [6.45, 7) is 1.26. The zero-order valence-corrected chi connectivity index (χ0v) is 12.4. The molecule has 0 saturated carbocycles. The molecule has 2 aromatic heterocycles. The Kier molecular flexibility index (Phi) is 4.10. The van der Waals surface area contributed by atoms with Gasteiger partial charge in [0, 0.05) is 37.7 Å². The number of carbonyl (C=O) groups is 1. The summed E-state index contributed by atoms with van der Waals surface area (Å²) in [4.78, 5) is 35.4. The number of anilines is 1. The summed E-state index contributed by atoms with van der Waals surface area (Å²) in [7, 11) is 0. The minimum atomic E-state index is -0.256. The van der Waals surface area contributed by atoms with Crippen molar-refractivity contribution >= 4 is 11.7 Å². The summed E-state index contributed by atoms with van der Waals surface area (Å²) in [5.41, 5.74) is 0.539. The minimum Gasteiger partial charge on any atom is -0.356 e. The molecule has 1 amide bonds. The van der Waals surface area contributed by atoms with Crippen LogP contribution in [0.5, 0.6) is 0 Å². The van der Waals surface area contributed by atoms with E-state index in [0.717, 1.165) is 19.4 Å². The van der Waals surface area contributed by atoms with Gasteiger partial charge in [0.2, 0.25) is 0 Å². The highest BCUT2D eigenvalue weighted by Crippen LogP contribution is 2.14. The molecule has 118 valence electrons. The first kappa shape index (κ1) is 14.8. The predicted molar refractivity (Wildman–Crippen MR) is 83.1 cm³/mol. The van der Waals surface area contributed by atoms with Crippen LogP contribution >= 0.6 is 0 Å². The van der Waals surface area contributed by atoms with Crippen LogP contribution < -0.4 is 15.8 Å². The van der Waals surface area contributed by atoms with Crippen molar-refractivity contribution in [2.75, 3.05) is 18.0 Å². The fourth-order valence-electron chi connectivity index (χ4n) is 2.71. The molecule has 1 fully saturated rings. The molecule has 0 aromatic carbocycles. The van der Waals surface area contributed by atoms with Crippen molar-refractivity contribution in [1.29, 1.82) is 5.26 Å². The van der Waals surface area contributed by atoms with Crippen LogP contribution in [0.25, 0.3) is 0 Å². The normalized spacial score (nSPS) is 17.5. The Bertz CT molecular complexity index is 803. The second-order valence-corrected chi connectivity index (χ2v) is 5.41. The van der Waals surface area contributed by atoms with E-state index < -0.39 is 0 Å². The number of nitrogens with one attached hydrogen (secondary N) is 3. The van der Waals surface area contributed by atoms with E-state index in [1.165, 1.54) is 18.5 Å². The van der Waals surface area contributed by atoms with Crippen LogP contribution in [-0.4, -0.2) is 40.0 Å². The molecule has 1 saturated heterocycles. The Morgan fingerprint density at radius 1 is 1.48 bits per heavy atom. The van der Waals surface area contributed by atoms with Crippen molar-refractivity contribution in [3.63, 3.8) is 0 Å². The van der Waals surface area contributed by atoms with E-state index in [1.54, 1.807) is 6.20 Å². The number of aromatic amines is 2. The third kappa shape index (κ3) is 3.23. The average Bonchev–Trinajstić information content (AvgIpc) is 3.05. The first-order chi connectivity index (χ1) is 11.2. The van der Waals surface area contributed by atoms with E-state index >= 15 is 0 Å². The third-order valence-corrected chi connectivity index (χ3v) is 3.80. The van der Waals surface area contributed by atoms with Gasteiger partial charge in [0.05, 0.1) is 5.56 Å². The van der Waals surface area contributed by atoms with E-state index in [4.69, 9.17) is 5.26 Å². The molecule has 3 rings (SSSR count). The predicted octanol–water partition coefficient (Wildman–Crippen LogP) is 0.368. The van der Waals surface area contributed by atoms with Crippen molar-refractivity contribution < 1.29 is 4.79 Å². The highest BCUT2D eigenvalue weighted by atomic mass is 16.2. The topological polar surface area (TPSA) is 118 Å². The van der Waals surface area contributed by atoms with Crippen molar-refractivity contribution in [3.8, 4) is 6.07 Å². The highest BCUT2D eigenvalue weighted by molar-refractivity contribution is 5.93. The lowest BCUT2D eigenvalue weighted by molar-refractivity contribution is 0.0928. The van der Waals surface area contributed by atoms with Crippen LogP contribution in [0.2, 0.25) is 0 Å². The van der Waals surface area contributed by atoms with Crippen LogP contribution in [-0.2, 0) is 0 Å². The van der Waals surface area contributed by atoms with Crippen LogP contribution in [0.15, 0.2) is 29.5 Å². The van der Waals surface area contributed by atoms with Gasteiger partial charge < -0.3 is 20.2 Å². The Hall–Kier alpha value is -3.08. The molecule has 23 heavy (non-hydrogen) atoms. The Balaban J connectivity index is 1.67. The average molecular weight is 312 g/mol. The lowest BCUT2D eigenvalue weighted by Crippen LogP contribution is -2.49. The van der Waals surface area contributed by atoms with Gasteiger partial charge in [-0.2, -0.15) is 5.26 Å². The Morgan fingerprint density at radius 2 is 2.35 bits per heavy atom. The molecule has 0 unspecified atom stereocenters. The maximum absolute atomic E-state index is 12.2. The van der Waals surface area contributed by atoms with Crippen LogP contribution in [0.4, 0.5) is 5.82 Å². The second kappa shape index (κ2) is 6.36. The number of amides is 1. The lowest BCUT2D eigenvalue weighted by Gasteiger charge is -2.33. The molecule has 1 aliphatic rings. The van der Waals surface area contributed by atoms with E-state index in [2.05, 4.69) is 20.3 Å². The molecular formula is C15H16N6O2. The number of nitrogens with zero attached hydrogens (tertiary/aromatic N) is 3. The maximum Gasteiger partial charge on any atom is 0.290 e. The smallest absolute Gasteiger partial charge is 0.290 e. The van der Waals surface area contributed by atoms with Gasteiger partial charge in [0.15, 0.2) is 5.82 Å². The summed E-state index contributed by atoms with van der Waals surface area (Å²) in [5, 5.41) is 11.7. The molecule has 0 spiro atoms. The summed E-state index contributed by atoms with van der Waals surface area (Å²) >= 11 is 0. The van der Waals surface area contributed by atoms with Gasteiger partial charge in [-0.05, 0) is 18.9 Å². The number of carbonyl (C=O) groups excluding carboxylic acids is 1. The number of hydrogen-bond donors (Lipinski definition) is 3. The monoisotopic (exact) mass is 312 g/mol. The number of aromatic nitrogens is 3. The molecule has 3 heterocycles. The van der Waals surface area contributed by atoms with Crippen LogP contribution in [0.3, 0.4) is 0 Å². The van der Waals surface area contributed by atoms with E-state index in [9.17, 15) is 9.59 Å². The molecular weight excluding hydrogens is 296 g/mol. The van der Waals surface area contributed by atoms with E-state index in [1.807, 2.05) is 11.0 Å². The molecule has 0 aliphatic carbocycles. The largest absolute Gasteiger partial charge is 0.356 e. The molecule has 8 heteroatoms. The maximum atomic E-state index is 12.2. The van der Waals surface area contributed by atoms with Gasteiger partial charge in [-0.15, -0.1) is 0 Å². The van der Waals surface area contributed by atoms with Gasteiger partial charge in [-0.25, -0.2) is 4.98 Å². The summed E-state index contributed by atoms with van der Waals surface area (Å²) in [6.07, 6.45) is 6.22. The number of H-pyrrole nitrogens is 2. The minimum absolute atomic E-state index is 0.0773. The Morgan fingerprint density at radius 3 is 3.09 bits per heavy atom. The highest BCUT2D eigenvalue weighted by Gasteiger charge is 2.24. The van der Waals surface area contributed by atoms with E-state index in [0.29, 0.717) is 23.6 Å². The lowest BCUT2D eigenvalue weighted by atomic mass is 10.1. The van der Waals surface area contributed by atoms with Crippen LogP contribution in [0, 0.1) is 11.3 Å². The number of rotatable bonds is 3. The Labute approximate surface area is 132 Å². The standard InChI is InChI=1S/C15H16N6O2/c16-7-10-6-12(19-8-10)14(22)20-11-2-1-5-21(9-11)13-15(23)18-4-3-17-13/h3-4,6,8,11,19H,1-2,5,9H2,(H,18,23)(H,20,22)/t11-/m1/s1. The van der Waals surface area contributed by atoms with Gasteiger partial charge in [0.25, 0.3) is 11.5 Å². The molecule has 3 N–H and O–H groups in total. The van der Waals surface area contributed by atoms with E-state index in [-0.39, 0.29) is 17.5 Å². The van der Waals surface area contributed by atoms with Crippen molar-refractivity contribution in [2.24, 2.45) is 0 Å². The van der Waals surface area contributed by atoms with Gasteiger partial charge in [-0.1, -0.05) is 0 Å². The summed E-state index contributed by atoms with van der Waals surface area (Å²) in [5.74, 6) is 0.117. The zero-order chi connectivity index (χ0) is 16.2. The fraction of sp³-hybridized carbons (Fsp3) is 0.333. The first-order valence-electron chi connectivity index (χ1n) is 7.35. The molecule has 2 aromatic rings. The van der Waals surface area contributed by atoms with Gasteiger partial charge in [-0.3, -0.25) is 9.59 Å².